The lowest BCUT2D eigenvalue weighted by atomic mass is 10.1. The SMILES string of the molecule is CNC(CCCCNC(=O)CCC(NC(=O)CCC(NC(=O)CCC(NC(=O)CCC(NC(C)=O)C(=O)O)C(=O)O)C(=O)O)C(=O)O)C(C)=O. The van der Waals surface area contributed by atoms with Gasteiger partial charge in [0.2, 0.25) is 29.5 Å². The predicted octanol–water partition coefficient (Wildman–Crippen LogP) is -2.13. The Morgan fingerprint density at radius 2 is 0.800 bits per heavy atom. The first-order valence-electron chi connectivity index (χ1n) is 15.9. The third-order valence-corrected chi connectivity index (χ3v) is 7.30. The van der Waals surface area contributed by atoms with Crippen molar-refractivity contribution in [3.8, 4) is 0 Å². The van der Waals surface area contributed by atoms with Crippen LogP contribution in [0.1, 0.15) is 84.5 Å². The molecule has 50 heavy (non-hydrogen) atoms. The van der Waals surface area contributed by atoms with Gasteiger partial charge in [-0.25, -0.2) is 19.2 Å². The first-order valence-corrected chi connectivity index (χ1v) is 15.9. The van der Waals surface area contributed by atoms with Gasteiger partial charge in [-0.05, 0) is 58.9 Å². The molecule has 0 aliphatic carbocycles. The van der Waals surface area contributed by atoms with Gasteiger partial charge >= 0.3 is 23.9 Å². The van der Waals surface area contributed by atoms with Crippen molar-refractivity contribution >= 4 is 59.2 Å². The highest BCUT2D eigenvalue weighted by Crippen LogP contribution is 2.07. The molecule has 0 fully saturated rings. The molecule has 0 aromatic heterocycles. The quantitative estimate of drug-likeness (QED) is 0.0406. The van der Waals surface area contributed by atoms with Crippen LogP contribution in [-0.4, -0.2) is 123 Å². The number of nitrogens with one attached hydrogen (secondary N) is 6. The smallest absolute Gasteiger partial charge is 0.326 e. The van der Waals surface area contributed by atoms with E-state index in [4.69, 9.17) is 5.11 Å². The number of unbranched alkanes of at least 4 members (excludes halogenated alkanes) is 1. The van der Waals surface area contributed by atoms with Crippen molar-refractivity contribution < 1.29 is 68.4 Å². The summed E-state index contributed by atoms with van der Waals surface area (Å²) in [7, 11) is 1.67. The lowest BCUT2D eigenvalue weighted by molar-refractivity contribution is -0.144. The van der Waals surface area contributed by atoms with Crippen molar-refractivity contribution in [3.05, 3.63) is 0 Å². The summed E-state index contributed by atoms with van der Waals surface area (Å²) in [5.41, 5.74) is 0. The van der Waals surface area contributed by atoms with E-state index in [0.29, 0.717) is 25.8 Å². The molecule has 0 radical (unpaired) electrons. The zero-order valence-corrected chi connectivity index (χ0v) is 28.2. The molecule has 20 nitrogen and oxygen atoms in total. The Bertz CT molecular complexity index is 1240. The van der Waals surface area contributed by atoms with Crippen LogP contribution in [0.25, 0.3) is 0 Å². The first kappa shape index (κ1) is 44.9. The maximum absolute atomic E-state index is 12.4. The number of hydrogen-bond acceptors (Lipinski definition) is 11. The van der Waals surface area contributed by atoms with E-state index in [2.05, 4.69) is 31.9 Å². The van der Waals surface area contributed by atoms with E-state index in [9.17, 15) is 63.3 Å². The molecule has 0 aliphatic rings. The number of aliphatic carboxylic acids is 4. The number of likely N-dealkylation sites (N-methyl/N-ethyl adjacent to an activating group) is 1. The van der Waals surface area contributed by atoms with Gasteiger partial charge in [-0.15, -0.1) is 0 Å². The number of rotatable bonds is 27. The molecule has 0 aliphatic heterocycles. The minimum absolute atomic E-state index is 0.00219. The fourth-order valence-electron chi connectivity index (χ4n) is 4.52. The number of carbonyl (C=O) groups is 10. The predicted molar refractivity (Wildman–Crippen MR) is 171 cm³/mol. The highest BCUT2D eigenvalue weighted by atomic mass is 16.4. The van der Waals surface area contributed by atoms with Gasteiger partial charge in [-0.1, -0.05) is 0 Å². The Labute approximate surface area is 287 Å². The highest BCUT2D eigenvalue weighted by molar-refractivity contribution is 5.88. The van der Waals surface area contributed by atoms with E-state index < -0.39 is 110 Å². The van der Waals surface area contributed by atoms with Gasteiger partial charge in [-0.2, -0.15) is 0 Å². The molecule has 0 spiro atoms. The molecule has 0 saturated heterocycles. The Balaban J connectivity index is 4.79. The van der Waals surface area contributed by atoms with Crippen LogP contribution < -0.4 is 31.9 Å². The van der Waals surface area contributed by atoms with Crippen molar-refractivity contribution in [1.82, 2.24) is 31.9 Å². The van der Waals surface area contributed by atoms with Crippen LogP contribution >= 0.6 is 0 Å². The van der Waals surface area contributed by atoms with Gasteiger partial charge in [-0.3, -0.25) is 28.8 Å². The molecule has 5 atom stereocenters. The molecule has 0 rings (SSSR count). The van der Waals surface area contributed by atoms with Crippen LogP contribution in [0.15, 0.2) is 0 Å². The number of carbonyl (C=O) groups excluding carboxylic acids is 6. The number of carboxylic acid groups (broad SMARTS) is 4. The van der Waals surface area contributed by atoms with E-state index in [-0.39, 0.29) is 31.1 Å². The molecular weight excluding hydrogens is 668 g/mol. The fourth-order valence-corrected chi connectivity index (χ4v) is 4.52. The van der Waals surface area contributed by atoms with Crippen LogP contribution in [0, 0.1) is 0 Å². The van der Waals surface area contributed by atoms with Crippen molar-refractivity contribution in [2.45, 2.75) is 115 Å². The van der Waals surface area contributed by atoms with Crippen molar-refractivity contribution in [3.63, 3.8) is 0 Å². The standard InChI is InChI=1S/C30H48N6O14/c1-16(37)18(31-3)6-4-5-15-32-23(39)11-7-20(28(45)46)34-25(41)13-9-22(30(49)50)36-26(42)14-10-21(29(47)48)35-24(40)12-8-19(27(43)44)33-17(2)38/h18-22,31H,4-15H2,1-3H3,(H,32,39)(H,33,38)(H,34,41)(H,35,40)(H,36,42)(H,43,44)(H,45,46)(H,47,48)(H,49,50). The maximum Gasteiger partial charge on any atom is 0.326 e. The zero-order valence-electron chi connectivity index (χ0n) is 28.2. The number of amides is 5. The zero-order chi connectivity index (χ0) is 38.4. The summed E-state index contributed by atoms with van der Waals surface area (Å²) < 4.78 is 0. The lowest BCUT2D eigenvalue weighted by Gasteiger charge is -2.18. The Morgan fingerprint density at radius 1 is 0.460 bits per heavy atom. The molecule has 0 aromatic rings. The number of Topliss-reactive ketones (excluding diaryl/α,β-unsaturated/α-hetero) is 1. The second-order valence-corrected chi connectivity index (χ2v) is 11.4. The lowest BCUT2D eigenvalue weighted by Crippen LogP contribution is -2.45. The van der Waals surface area contributed by atoms with Gasteiger partial charge in [0, 0.05) is 39.2 Å². The Morgan fingerprint density at radius 3 is 1.10 bits per heavy atom. The third kappa shape index (κ3) is 20.3. The average molecular weight is 717 g/mol. The second kappa shape index (κ2) is 24.1. The van der Waals surface area contributed by atoms with Crippen molar-refractivity contribution in [2.24, 2.45) is 0 Å². The highest BCUT2D eigenvalue weighted by Gasteiger charge is 2.27. The van der Waals surface area contributed by atoms with Crippen LogP contribution in [0.4, 0.5) is 0 Å². The number of ketones is 1. The molecule has 0 saturated carbocycles. The van der Waals surface area contributed by atoms with Gasteiger partial charge in [0.05, 0.1) is 6.04 Å². The van der Waals surface area contributed by atoms with E-state index in [1.807, 2.05) is 0 Å². The first-order chi connectivity index (χ1) is 23.4. The largest absolute Gasteiger partial charge is 0.480 e. The monoisotopic (exact) mass is 716 g/mol. The second-order valence-electron chi connectivity index (χ2n) is 11.4. The molecule has 0 aromatic carbocycles. The summed E-state index contributed by atoms with van der Waals surface area (Å²) in [6.07, 6.45) is -1.46. The van der Waals surface area contributed by atoms with Gasteiger partial charge in [0.25, 0.3) is 0 Å². The van der Waals surface area contributed by atoms with Gasteiger partial charge in [0.1, 0.15) is 30.0 Å². The third-order valence-electron chi connectivity index (χ3n) is 7.30. The minimum atomic E-state index is -1.61. The Kier molecular flexibility index (Phi) is 21.6. The van der Waals surface area contributed by atoms with E-state index in [1.54, 1.807) is 7.05 Å². The molecule has 5 amide bonds. The molecule has 282 valence electrons. The molecule has 10 N–H and O–H groups in total. The van der Waals surface area contributed by atoms with Crippen LogP contribution in [0.2, 0.25) is 0 Å². The Hall–Kier alpha value is -5.14. The summed E-state index contributed by atoms with van der Waals surface area (Å²) >= 11 is 0. The fraction of sp³-hybridized carbons (Fsp3) is 0.667. The summed E-state index contributed by atoms with van der Waals surface area (Å²) in [4.78, 5) is 118. The van der Waals surface area contributed by atoms with Gasteiger partial charge < -0.3 is 52.3 Å². The maximum atomic E-state index is 12.4. The summed E-state index contributed by atoms with van der Waals surface area (Å²) in [5.74, 6) is -9.64. The van der Waals surface area contributed by atoms with Crippen molar-refractivity contribution in [2.75, 3.05) is 13.6 Å². The summed E-state index contributed by atoms with van der Waals surface area (Å²) in [6, 6.07) is -6.32. The van der Waals surface area contributed by atoms with E-state index in [0.717, 1.165) is 6.92 Å². The number of hydrogen-bond donors (Lipinski definition) is 10. The van der Waals surface area contributed by atoms with Crippen LogP contribution in [0.5, 0.6) is 0 Å². The molecule has 0 bridgehead atoms. The normalized spacial score (nSPS) is 13.7. The van der Waals surface area contributed by atoms with Crippen LogP contribution in [-0.2, 0) is 47.9 Å². The van der Waals surface area contributed by atoms with Crippen molar-refractivity contribution in [1.29, 1.82) is 0 Å². The molecule has 0 heterocycles. The molecular formula is C30H48N6O14. The molecule has 20 heteroatoms. The summed E-state index contributed by atoms with van der Waals surface area (Å²) in [5, 5.41) is 51.5. The minimum Gasteiger partial charge on any atom is -0.480 e. The van der Waals surface area contributed by atoms with E-state index >= 15 is 0 Å². The molecule has 5 unspecified atom stereocenters. The summed E-state index contributed by atoms with van der Waals surface area (Å²) in [6.45, 7) is 2.86. The van der Waals surface area contributed by atoms with Gasteiger partial charge in [0.15, 0.2) is 0 Å². The van der Waals surface area contributed by atoms with E-state index in [1.165, 1.54) is 6.92 Å². The average Bonchev–Trinajstić information content (AvgIpc) is 3.02. The topological polar surface area (TPSA) is 324 Å². The number of carboxylic acids is 4. The van der Waals surface area contributed by atoms with Crippen LogP contribution in [0.3, 0.4) is 0 Å².